The van der Waals surface area contributed by atoms with Crippen molar-refractivity contribution >= 4 is 17.3 Å². The molecule has 1 rings (SSSR count). The first kappa shape index (κ1) is 12.4. The van der Waals surface area contributed by atoms with Gasteiger partial charge in [-0.3, -0.25) is 4.79 Å². The highest BCUT2D eigenvalue weighted by Gasteiger charge is 2.13. The molecule has 0 aliphatic rings. The number of carbonyl (C=O) groups excluding carboxylic acids is 1. The summed E-state index contributed by atoms with van der Waals surface area (Å²) in [5.41, 5.74) is 12.8. The molecule has 1 amide bonds. The molecule has 0 aliphatic carbocycles. The van der Waals surface area contributed by atoms with Crippen LogP contribution in [-0.2, 0) is 0 Å². The number of nitrogens with one attached hydrogen (secondary N) is 1. The minimum atomic E-state index is -0.458. The molecular weight excluding hydrogens is 202 g/mol. The maximum atomic E-state index is 11.3. The van der Waals surface area contributed by atoms with E-state index in [1.807, 2.05) is 0 Å². The minimum Gasteiger partial charge on any atom is -0.397 e. The molecule has 0 unspecified atom stereocenters. The molecule has 0 atom stereocenters. The van der Waals surface area contributed by atoms with Crippen molar-refractivity contribution in [1.82, 2.24) is 0 Å². The maximum Gasteiger partial charge on any atom is 0.250 e. The molecule has 0 bridgehead atoms. The number of para-hydroxylation sites is 1. The molecule has 0 saturated carbocycles. The summed E-state index contributed by atoms with van der Waals surface area (Å²) in [5, 5.41) is 3.27. The van der Waals surface area contributed by atoms with Gasteiger partial charge in [0.2, 0.25) is 0 Å². The zero-order valence-electron chi connectivity index (χ0n) is 9.79. The fourth-order valence-corrected chi connectivity index (χ4v) is 1.63. The molecule has 0 heterocycles. The van der Waals surface area contributed by atoms with Gasteiger partial charge < -0.3 is 16.8 Å². The molecule has 88 valence electrons. The third kappa shape index (κ3) is 2.66. The van der Waals surface area contributed by atoms with E-state index in [-0.39, 0.29) is 0 Å². The van der Waals surface area contributed by atoms with E-state index in [2.05, 4.69) is 19.2 Å². The quantitative estimate of drug-likeness (QED) is 0.665. The minimum absolute atomic E-state index is 0.308. The van der Waals surface area contributed by atoms with Crippen molar-refractivity contribution in [2.45, 2.75) is 32.7 Å². The Morgan fingerprint density at radius 1 is 1.38 bits per heavy atom. The monoisotopic (exact) mass is 221 g/mol. The summed E-state index contributed by atoms with van der Waals surface area (Å²) in [6.07, 6.45) is 1.95. The second kappa shape index (κ2) is 5.39. The first-order valence-electron chi connectivity index (χ1n) is 5.54. The molecule has 0 radical (unpaired) electrons. The van der Waals surface area contributed by atoms with Gasteiger partial charge in [-0.2, -0.15) is 0 Å². The Balaban J connectivity index is 3.05. The van der Waals surface area contributed by atoms with Crippen LogP contribution in [0.3, 0.4) is 0 Å². The SMILES string of the molecule is CCC(CC)Nc1c(N)cccc1C(N)=O. The highest BCUT2D eigenvalue weighted by atomic mass is 16.1. The molecule has 1 aromatic rings. The third-order valence-corrected chi connectivity index (χ3v) is 2.70. The van der Waals surface area contributed by atoms with Gasteiger partial charge in [0.05, 0.1) is 16.9 Å². The summed E-state index contributed by atoms with van der Waals surface area (Å²) >= 11 is 0. The van der Waals surface area contributed by atoms with E-state index in [4.69, 9.17) is 11.5 Å². The van der Waals surface area contributed by atoms with E-state index in [9.17, 15) is 4.79 Å². The summed E-state index contributed by atoms with van der Waals surface area (Å²) < 4.78 is 0. The number of rotatable bonds is 5. The predicted octanol–water partition coefficient (Wildman–Crippen LogP) is 1.97. The number of benzene rings is 1. The Bertz CT molecular complexity index is 373. The van der Waals surface area contributed by atoms with Gasteiger partial charge in [-0.05, 0) is 25.0 Å². The molecule has 16 heavy (non-hydrogen) atoms. The number of amides is 1. The van der Waals surface area contributed by atoms with E-state index in [1.54, 1.807) is 18.2 Å². The van der Waals surface area contributed by atoms with E-state index in [0.717, 1.165) is 12.8 Å². The summed E-state index contributed by atoms with van der Waals surface area (Å²) in [4.78, 5) is 11.3. The van der Waals surface area contributed by atoms with Crippen LogP contribution in [0.25, 0.3) is 0 Å². The maximum absolute atomic E-state index is 11.3. The Labute approximate surface area is 96.0 Å². The number of primary amides is 1. The summed E-state index contributed by atoms with van der Waals surface area (Å²) in [5.74, 6) is -0.458. The molecular formula is C12H19N3O. The number of hydrogen-bond donors (Lipinski definition) is 3. The largest absolute Gasteiger partial charge is 0.397 e. The molecule has 4 heteroatoms. The Morgan fingerprint density at radius 2 is 2.00 bits per heavy atom. The lowest BCUT2D eigenvalue weighted by Gasteiger charge is -2.19. The van der Waals surface area contributed by atoms with Crippen LogP contribution in [-0.4, -0.2) is 11.9 Å². The van der Waals surface area contributed by atoms with Crippen LogP contribution in [0.2, 0.25) is 0 Å². The number of hydrogen-bond acceptors (Lipinski definition) is 3. The second-order valence-electron chi connectivity index (χ2n) is 3.79. The lowest BCUT2D eigenvalue weighted by molar-refractivity contribution is 0.100. The van der Waals surface area contributed by atoms with Gasteiger partial charge in [-0.15, -0.1) is 0 Å². The molecule has 0 aromatic heterocycles. The van der Waals surface area contributed by atoms with Crippen molar-refractivity contribution in [3.63, 3.8) is 0 Å². The first-order valence-corrected chi connectivity index (χ1v) is 5.54. The second-order valence-corrected chi connectivity index (χ2v) is 3.79. The fourth-order valence-electron chi connectivity index (χ4n) is 1.63. The lowest BCUT2D eigenvalue weighted by Crippen LogP contribution is -2.22. The third-order valence-electron chi connectivity index (χ3n) is 2.70. The van der Waals surface area contributed by atoms with Gasteiger partial charge in [-0.25, -0.2) is 0 Å². The number of anilines is 2. The first-order chi connectivity index (χ1) is 7.60. The van der Waals surface area contributed by atoms with Crippen molar-refractivity contribution in [3.05, 3.63) is 23.8 Å². The molecule has 0 aliphatic heterocycles. The van der Waals surface area contributed by atoms with Gasteiger partial charge in [0.1, 0.15) is 0 Å². The molecule has 0 spiro atoms. The van der Waals surface area contributed by atoms with Crippen molar-refractivity contribution < 1.29 is 4.79 Å². The molecule has 4 nitrogen and oxygen atoms in total. The number of nitrogen functional groups attached to an aromatic ring is 1. The predicted molar refractivity (Wildman–Crippen MR) is 67.4 cm³/mol. The summed E-state index contributed by atoms with van der Waals surface area (Å²) in [6, 6.07) is 5.48. The van der Waals surface area contributed by atoms with Gasteiger partial charge in [0.15, 0.2) is 0 Å². The average Bonchev–Trinajstić information content (AvgIpc) is 2.27. The highest BCUT2D eigenvalue weighted by molar-refractivity contribution is 6.01. The van der Waals surface area contributed by atoms with Crippen molar-refractivity contribution in [2.24, 2.45) is 5.73 Å². The number of carbonyl (C=O) groups is 1. The summed E-state index contributed by atoms with van der Waals surface area (Å²) in [6.45, 7) is 4.18. The normalized spacial score (nSPS) is 10.4. The highest BCUT2D eigenvalue weighted by Crippen LogP contribution is 2.24. The lowest BCUT2D eigenvalue weighted by atomic mass is 10.1. The molecule has 1 aromatic carbocycles. The fraction of sp³-hybridized carbons (Fsp3) is 0.417. The van der Waals surface area contributed by atoms with Gasteiger partial charge in [-0.1, -0.05) is 19.9 Å². The van der Waals surface area contributed by atoms with E-state index in [0.29, 0.717) is 23.0 Å². The van der Waals surface area contributed by atoms with Gasteiger partial charge >= 0.3 is 0 Å². The van der Waals surface area contributed by atoms with Crippen molar-refractivity contribution in [2.75, 3.05) is 11.1 Å². The Kier molecular flexibility index (Phi) is 4.17. The molecule has 5 N–H and O–H groups in total. The topological polar surface area (TPSA) is 81.1 Å². The Morgan fingerprint density at radius 3 is 2.50 bits per heavy atom. The van der Waals surface area contributed by atoms with Crippen LogP contribution >= 0.6 is 0 Å². The number of nitrogens with two attached hydrogens (primary N) is 2. The zero-order valence-corrected chi connectivity index (χ0v) is 9.79. The van der Waals surface area contributed by atoms with Crippen LogP contribution < -0.4 is 16.8 Å². The molecule has 0 fully saturated rings. The van der Waals surface area contributed by atoms with E-state index < -0.39 is 5.91 Å². The molecule has 0 saturated heterocycles. The van der Waals surface area contributed by atoms with Crippen molar-refractivity contribution in [1.29, 1.82) is 0 Å². The standard InChI is InChI=1S/C12H19N3O/c1-3-8(4-2)15-11-9(12(14)16)6-5-7-10(11)13/h5-8,15H,3-4,13H2,1-2H3,(H2,14,16). The summed E-state index contributed by atoms with van der Waals surface area (Å²) in [7, 11) is 0. The van der Waals surface area contributed by atoms with Gasteiger partial charge in [0, 0.05) is 6.04 Å². The van der Waals surface area contributed by atoms with E-state index in [1.165, 1.54) is 0 Å². The van der Waals surface area contributed by atoms with Crippen LogP contribution in [0, 0.1) is 0 Å². The van der Waals surface area contributed by atoms with Gasteiger partial charge in [0.25, 0.3) is 5.91 Å². The van der Waals surface area contributed by atoms with Crippen molar-refractivity contribution in [3.8, 4) is 0 Å². The van der Waals surface area contributed by atoms with Crippen LogP contribution in [0.5, 0.6) is 0 Å². The average molecular weight is 221 g/mol. The smallest absolute Gasteiger partial charge is 0.250 e. The van der Waals surface area contributed by atoms with Crippen LogP contribution in [0.4, 0.5) is 11.4 Å². The van der Waals surface area contributed by atoms with Crippen LogP contribution in [0.15, 0.2) is 18.2 Å². The van der Waals surface area contributed by atoms with Crippen LogP contribution in [0.1, 0.15) is 37.0 Å². The Hall–Kier alpha value is -1.71. The zero-order chi connectivity index (χ0) is 12.1. The van der Waals surface area contributed by atoms with E-state index >= 15 is 0 Å².